The number of rotatable bonds is 4. The lowest BCUT2D eigenvalue weighted by atomic mass is 10.1. The van der Waals surface area contributed by atoms with Crippen LogP contribution >= 0.6 is 0 Å². The average Bonchev–Trinajstić information content (AvgIpc) is 3.02. The molecule has 2 aromatic heterocycles. The molecule has 0 spiro atoms. The highest BCUT2D eigenvalue weighted by Crippen LogP contribution is 2.27. The predicted octanol–water partition coefficient (Wildman–Crippen LogP) is 3.32. The third-order valence-electron chi connectivity index (χ3n) is 4.93. The maximum absolute atomic E-state index is 6.33. The molecule has 1 aliphatic heterocycles. The molecular formula is C20H24N4O. The lowest BCUT2D eigenvalue weighted by Crippen LogP contribution is -2.37. The number of benzene rings is 1. The lowest BCUT2D eigenvalue weighted by Gasteiger charge is -2.32. The molecule has 5 nitrogen and oxygen atoms in total. The standard InChI is InChI=1S/C20H24N4O/c1-15-9-18-12-21-6-3-17(18)10-20(15)25-19-4-7-24(8-5-19)14-16-11-22-23(2)13-16/h3,6,9-13,19H,4-5,7-8,14H2,1-2H3. The van der Waals surface area contributed by atoms with Crippen LogP contribution in [-0.4, -0.2) is 38.9 Å². The summed E-state index contributed by atoms with van der Waals surface area (Å²) in [6.45, 7) is 5.22. The van der Waals surface area contributed by atoms with Gasteiger partial charge in [-0.3, -0.25) is 14.6 Å². The van der Waals surface area contributed by atoms with E-state index in [9.17, 15) is 0 Å². The van der Waals surface area contributed by atoms with Crippen molar-refractivity contribution < 1.29 is 4.74 Å². The van der Waals surface area contributed by atoms with Crippen LogP contribution in [0.4, 0.5) is 0 Å². The van der Waals surface area contributed by atoms with E-state index in [2.05, 4.69) is 40.2 Å². The van der Waals surface area contributed by atoms with Crippen LogP contribution in [0.15, 0.2) is 43.0 Å². The highest BCUT2D eigenvalue weighted by atomic mass is 16.5. The molecule has 0 atom stereocenters. The Morgan fingerprint density at radius 2 is 2.00 bits per heavy atom. The summed E-state index contributed by atoms with van der Waals surface area (Å²) < 4.78 is 8.20. The van der Waals surface area contributed by atoms with Crippen LogP contribution in [-0.2, 0) is 13.6 Å². The normalized spacial score (nSPS) is 16.4. The van der Waals surface area contributed by atoms with E-state index in [-0.39, 0.29) is 0 Å². The van der Waals surface area contributed by atoms with Crippen molar-refractivity contribution in [1.29, 1.82) is 0 Å². The third-order valence-corrected chi connectivity index (χ3v) is 4.93. The van der Waals surface area contributed by atoms with Gasteiger partial charge in [-0.05, 0) is 48.9 Å². The highest BCUT2D eigenvalue weighted by Gasteiger charge is 2.21. The number of nitrogens with zero attached hydrogens (tertiary/aromatic N) is 4. The average molecular weight is 336 g/mol. The van der Waals surface area contributed by atoms with Gasteiger partial charge in [-0.2, -0.15) is 5.10 Å². The maximum atomic E-state index is 6.33. The zero-order valence-electron chi connectivity index (χ0n) is 14.9. The molecule has 1 saturated heterocycles. The van der Waals surface area contributed by atoms with Crippen LogP contribution in [0.1, 0.15) is 24.0 Å². The SMILES string of the molecule is Cc1cc2cnccc2cc1OC1CCN(Cc2cnn(C)c2)CC1. The van der Waals surface area contributed by atoms with Gasteiger partial charge in [0.05, 0.1) is 6.20 Å². The summed E-state index contributed by atoms with van der Waals surface area (Å²) in [4.78, 5) is 6.67. The second-order valence-corrected chi connectivity index (χ2v) is 6.96. The molecule has 0 unspecified atom stereocenters. The smallest absolute Gasteiger partial charge is 0.123 e. The zero-order chi connectivity index (χ0) is 17.2. The number of hydrogen-bond acceptors (Lipinski definition) is 4. The van der Waals surface area contributed by atoms with Crippen molar-refractivity contribution in [1.82, 2.24) is 19.7 Å². The Morgan fingerprint density at radius 3 is 2.76 bits per heavy atom. The Hall–Kier alpha value is -2.40. The van der Waals surface area contributed by atoms with Gasteiger partial charge >= 0.3 is 0 Å². The van der Waals surface area contributed by atoms with E-state index >= 15 is 0 Å². The fourth-order valence-corrected chi connectivity index (χ4v) is 3.53. The molecule has 0 bridgehead atoms. The molecule has 0 aliphatic carbocycles. The third kappa shape index (κ3) is 3.66. The Balaban J connectivity index is 1.37. The Morgan fingerprint density at radius 1 is 1.16 bits per heavy atom. The van der Waals surface area contributed by atoms with Gasteiger partial charge in [0.2, 0.25) is 0 Å². The first-order chi connectivity index (χ1) is 12.2. The molecule has 130 valence electrons. The van der Waals surface area contributed by atoms with Crippen molar-refractivity contribution >= 4 is 10.8 Å². The molecule has 5 heteroatoms. The molecule has 1 fully saturated rings. The highest BCUT2D eigenvalue weighted by molar-refractivity contribution is 5.84. The van der Waals surface area contributed by atoms with Gasteiger partial charge in [0.15, 0.2) is 0 Å². The fourth-order valence-electron chi connectivity index (χ4n) is 3.53. The predicted molar refractivity (Wildman–Crippen MR) is 98.6 cm³/mol. The van der Waals surface area contributed by atoms with Crippen molar-refractivity contribution in [2.75, 3.05) is 13.1 Å². The molecular weight excluding hydrogens is 312 g/mol. The molecule has 4 rings (SSSR count). The van der Waals surface area contributed by atoms with E-state index in [0.29, 0.717) is 6.10 Å². The van der Waals surface area contributed by atoms with Gasteiger partial charge in [-0.1, -0.05) is 0 Å². The van der Waals surface area contributed by atoms with Crippen LogP contribution in [0.2, 0.25) is 0 Å². The second-order valence-electron chi connectivity index (χ2n) is 6.96. The number of piperidine rings is 1. The van der Waals surface area contributed by atoms with E-state index in [1.807, 2.05) is 36.4 Å². The van der Waals surface area contributed by atoms with Crippen molar-refractivity contribution in [2.24, 2.45) is 7.05 Å². The molecule has 25 heavy (non-hydrogen) atoms. The minimum Gasteiger partial charge on any atom is -0.490 e. The molecule has 0 amide bonds. The monoisotopic (exact) mass is 336 g/mol. The topological polar surface area (TPSA) is 43.2 Å². The number of hydrogen-bond donors (Lipinski definition) is 0. The number of likely N-dealkylation sites (tertiary alicyclic amines) is 1. The van der Waals surface area contributed by atoms with Gasteiger partial charge in [0.25, 0.3) is 0 Å². The van der Waals surface area contributed by atoms with Gasteiger partial charge in [-0.25, -0.2) is 0 Å². The largest absolute Gasteiger partial charge is 0.490 e. The number of aromatic nitrogens is 3. The summed E-state index contributed by atoms with van der Waals surface area (Å²) in [5, 5.41) is 6.60. The van der Waals surface area contributed by atoms with Crippen molar-refractivity contribution in [2.45, 2.75) is 32.4 Å². The Bertz CT molecular complexity index is 865. The Labute approximate surface area is 148 Å². The van der Waals surface area contributed by atoms with E-state index in [0.717, 1.165) is 38.2 Å². The number of pyridine rings is 1. The minimum atomic E-state index is 0.295. The summed E-state index contributed by atoms with van der Waals surface area (Å²) in [6.07, 6.45) is 10.2. The van der Waals surface area contributed by atoms with Crippen LogP contribution in [0, 0.1) is 6.92 Å². The van der Waals surface area contributed by atoms with E-state index in [1.54, 1.807) is 0 Å². The van der Waals surface area contributed by atoms with E-state index in [4.69, 9.17) is 4.74 Å². The van der Waals surface area contributed by atoms with Crippen molar-refractivity contribution in [3.63, 3.8) is 0 Å². The maximum Gasteiger partial charge on any atom is 0.123 e. The number of aryl methyl sites for hydroxylation is 2. The molecule has 3 heterocycles. The molecule has 3 aromatic rings. The van der Waals surface area contributed by atoms with Gasteiger partial charge in [0.1, 0.15) is 11.9 Å². The number of ether oxygens (including phenoxy) is 1. The summed E-state index contributed by atoms with van der Waals surface area (Å²) in [5.74, 6) is 1.00. The molecule has 1 aromatic carbocycles. The van der Waals surface area contributed by atoms with Crippen LogP contribution < -0.4 is 4.74 Å². The summed E-state index contributed by atoms with van der Waals surface area (Å²) in [7, 11) is 1.96. The Kier molecular flexibility index (Phi) is 4.40. The van der Waals surface area contributed by atoms with Crippen LogP contribution in [0.3, 0.4) is 0 Å². The first kappa shape index (κ1) is 16.1. The summed E-state index contributed by atoms with van der Waals surface area (Å²) in [5.41, 5.74) is 2.46. The first-order valence-electron chi connectivity index (χ1n) is 8.88. The zero-order valence-corrected chi connectivity index (χ0v) is 14.9. The van der Waals surface area contributed by atoms with Gasteiger partial charge in [0, 0.05) is 56.2 Å². The molecule has 0 radical (unpaired) electrons. The lowest BCUT2D eigenvalue weighted by molar-refractivity contribution is 0.0964. The molecule has 1 aliphatic rings. The summed E-state index contributed by atoms with van der Waals surface area (Å²) in [6, 6.07) is 6.35. The van der Waals surface area contributed by atoms with Crippen LogP contribution in [0.25, 0.3) is 10.8 Å². The molecule has 0 N–H and O–H groups in total. The van der Waals surface area contributed by atoms with Crippen molar-refractivity contribution in [3.05, 3.63) is 54.1 Å². The van der Waals surface area contributed by atoms with Crippen LogP contribution in [0.5, 0.6) is 5.75 Å². The first-order valence-corrected chi connectivity index (χ1v) is 8.88. The van der Waals surface area contributed by atoms with Gasteiger partial charge < -0.3 is 4.74 Å². The van der Waals surface area contributed by atoms with E-state index < -0.39 is 0 Å². The van der Waals surface area contributed by atoms with E-state index in [1.165, 1.54) is 21.9 Å². The van der Waals surface area contributed by atoms with Gasteiger partial charge in [-0.15, -0.1) is 0 Å². The second kappa shape index (κ2) is 6.84. The fraction of sp³-hybridized carbons (Fsp3) is 0.400. The number of fused-ring (bicyclic) bond motifs is 1. The molecule has 0 saturated carbocycles. The quantitative estimate of drug-likeness (QED) is 0.733. The minimum absolute atomic E-state index is 0.295. The van der Waals surface area contributed by atoms with Crippen molar-refractivity contribution in [3.8, 4) is 5.75 Å². The summed E-state index contributed by atoms with van der Waals surface area (Å²) >= 11 is 0.